The number of pyridine rings is 2. The zero-order chi connectivity index (χ0) is 39.1. The van der Waals surface area contributed by atoms with Crippen LogP contribution in [0, 0.1) is 38.5 Å². The number of carboxylic acid groups (broad SMARTS) is 1. The Morgan fingerprint density at radius 3 is 2.40 bits per heavy atom. The number of piperazine rings is 1. The van der Waals surface area contributed by atoms with E-state index in [0.717, 1.165) is 21.6 Å². The van der Waals surface area contributed by atoms with Crippen LogP contribution >= 0.6 is 0 Å². The van der Waals surface area contributed by atoms with Crippen LogP contribution in [0.3, 0.4) is 0 Å². The highest BCUT2D eigenvalue weighted by molar-refractivity contribution is 5.99. The first-order valence-corrected chi connectivity index (χ1v) is 16.6. The minimum atomic E-state index is -1.68. The number of amides is 1. The maximum absolute atomic E-state index is 16.5. The number of hydrogen-bond acceptors (Lipinski definition) is 10. The van der Waals surface area contributed by atoms with Crippen molar-refractivity contribution in [3.63, 3.8) is 0 Å². The first-order valence-electron chi connectivity index (χ1n) is 16.6. The Hall–Kier alpha value is -6.11. The molecule has 3 heterocycles. The van der Waals surface area contributed by atoms with E-state index in [2.05, 4.69) is 4.98 Å². The van der Waals surface area contributed by atoms with Gasteiger partial charge in [-0.15, -0.1) is 0 Å². The second-order valence-electron chi connectivity index (χ2n) is 14.2. The van der Waals surface area contributed by atoms with Crippen LogP contribution in [0.15, 0.2) is 47.3 Å². The lowest BCUT2D eigenvalue weighted by molar-refractivity contribution is -0.385. The number of carbonyl (C=O) groups is 2. The van der Waals surface area contributed by atoms with Crippen LogP contribution in [0.1, 0.15) is 58.6 Å². The van der Waals surface area contributed by atoms with Crippen molar-refractivity contribution < 1.29 is 37.9 Å². The smallest absolute Gasteiger partial charge is 0.410 e. The predicted octanol–water partition coefficient (Wildman–Crippen LogP) is 6.39. The summed E-state index contributed by atoms with van der Waals surface area (Å²) in [5, 5.41) is 33.3. The Morgan fingerprint density at radius 1 is 1.13 bits per heavy atom. The van der Waals surface area contributed by atoms with E-state index in [1.807, 2.05) is 26.8 Å². The lowest BCUT2D eigenvalue weighted by Crippen LogP contribution is -2.62. The predicted molar refractivity (Wildman–Crippen MR) is 190 cm³/mol. The number of benzene rings is 2. The molecular formula is C37H38F2N6O8. The minimum Gasteiger partial charge on any atom is -0.496 e. The number of nitro groups is 1. The molecule has 1 saturated heterocycles. The second kappa shape index (κ2) is 14.5. The molecule has 1 fully saturated rings. The number of halogens is 2. The van der Waals surface area contributed by atoms with Crippen molar-refractivity contribution in [1.29, 1.82) is 5.26 Å². The van der Waals surface area contributed by atoms with Gasteiger partial charge in [0.2, 0.25) is 0 Å². The molecule has 0 bridgehead atoms. The summed E-state index contributed by atoms with van der Waals surface area (Å²) in [5.74, 6) is -4.07. The summed E-state index contributed by atoms with van der Waals surface area (Å²) in [5.41, 5.74) is -4.61. The van der Waals surface area contributed by atoms with Crippen LogP contribution in [0.25, 0.3) is 28.0 Å². The van der Waals surface area contributed by atoms with Crippen molar-refractivity contribution in [2.45, 2.75) is 59.5 Å². The SMILES string of the molecule is COc1cccc(F)c1-c1nc2c(cc1F)c(N1C[C@@H](C)N(C(=O)OCC(C)(C)C)C[C@@H]1C(=O)O)c([N+](=O)[O-])c(=O)n2-c1c(C#N)cccc1C(C)C. The average molecular weight is 733 g/mol. The van der Waals surface area contributed by atoms with E-state index in [1.54, 1.807) is 32.9 Å². The van der Waals surface area contributed by atoms with Crippen LogP contribution in [0.4, 0.5) is 25.0 Å². The Labute approximate surface area is 302 Å². The minimum absolute atomic E-state index is 0.0213. The number of nitriles is 1. The molecule has 0 saturated carbocycles. The molecular weight excluding hydrogens is 694 g/mol. The maximum Gasteiger partial charge on any atom is 0.410 e. The summed E-state index contributed by atoms with van der Waals surface area (Å²) in [6.07, 6.45) is -0.807. The molecule has 14 nitrogen and oxygen atoms in total. The molecule has 1 amide bonds. The number of fused-ring (bicyclic) bond motifs is 1. The van der Waals surface area contributed by atoms with E-state index in [9.17, 15) is 34.9 Å². The van der Waals surface area contributed by atoms with Gasteiger partial charge in [0.1, 0.15) is 35.1 Å². The number of ether oxygens (including phenoxy) is 2. The molecule has 0 aliphatic carbocycles. The van der Waals surface area contributed by atoms with Crippen LogP contribution < -0.4 is 15.2 Å². The maximum atomic E-state index is 16.5. The summed E-state index contributed by atoms with van der Waals surface area (Å²) in [6, 6.07) is 8.65. The number of methoxy groups -OCH3 is 1. The third-order valence-corrected chi connectivity index (χ3v) is 8.88. The molecule has 2 atom stereocenters. The highest BCUT2D eigenvalue weighted by atomic mass is 19.1. The van der Waals surface area contributed by atoms with Gasteiger partial charge in [0.15, 0.2) is 11.5 Å². The Balaban J connectivity index is 1.91. The normalized spacial score (nSPS) is 16.1. The molecule has 2 aromatic carbocycles. The molecule has 5 rings (SSSR count). The van der Waals surface area contributed by atoms with Crippen LogP contribution in [0.2, 0.25) is 0 Å². The topological polar surface area (TPSA) is 181 Å². The lowest BCUT2D eigenvalue weighted by Gasteiger charge is -2.44. The van der Waals surface area contributed by atoms with Crippen molar-refractivity contribution in [3.05, 3.63) is 85.7 Å². The van der Waals surface area contributed by atoms with Crippen LogP contribution in [-0.2, 0) is 9.53 Å². The Bertz CT molecular complexity index is 2240. The first-order chi connectivity index (χ1) is 24.9. The van der Waals surface area contributed by atoms with E-state index in [0.29, 0.717) is 5.56 Å². The van der Waals surface area contributed by atoms with Crippen molar-refractivity contribution >= 4 is 34.5 Å². The first kappa shape index (κ1) is 38.1. The monoisotopic (exact) mass is 732 g/mol. The van der Waals surface area contributed by atoms with Crippen molar-refractivity contribution in [3.8, 4) is 28.8 Å². The number of anilines is 1. The van der Waals surface area contributed by atoms with Crippen molar-refractivity contribution in [2.75, 3.05) is 31.7 Å². The lowest BCUT2D eigenvalue weighted by atomic mass is 9.97. The number of carbonyl (C=O) groups excluding carboxylic acids is 1. The summed E-state index contributed by atoms with van der Waals surface area (Å²) in [4.78, 5) is 59.4. The summed E-state index contributed by atoms with van der Waals surface area (Å²) in [6.45, 7) is 9.77. The fourth-order valence-corrected chi connectivity index (χ4v) is 6.41. The van der Waals surface area contributed by atoms with Gasteiger partial charge in [0, 0.05) is 12.6 Å². The zero-order valence-corrected chi connectivity index (χ0v) is 30.1. The van der Waals surface area contributed by atoms with Gasteiger partial charge in [-0.3, -0.25) is 19.5 Å². The number of aliphatic carboxylic acids is 1. The molecule has 4 aromatic rings. The number of para-hydroxylation sites is 1. The number of rotatable bonds is 8. The quantitative estimate of drug-likeness (QED) is 0.157. The third-order valence-electron chi connectivity index (χ3n) is 8.88. The van der Waals surface area contributed by atoms with Gasteiger partial charge < -0.3 is 24.4 Å². The summed E-state index contributed by atoms with van der Waals surface area (Å²) in [7, 11) is 1.23. The number of carboxylic acids is 1. The summed E-state index contributed by atoms with van der Waals surface area (Å²) >= 11 is 0. The van der Waals surface area contributed by atoms with E-state index in [4.69, 9.17) is 9.47 Å². The Morgan fingerprint density at radius 2 is 1.81 bits per heavy atom. The van der Waals surface area contributed by atoms with E-state index in [1.165, 1.54) is 30.2 Å². The van der Waals surface area contributed by atoms with Gasteiger partial charge in [-0.1, -0.05) is 52.8 Å². The standard InChI is InChI=1S/C37H38F2N6O8/c1-19(2)22-11-8-10-21(15-40)30(22)44-33-23(14-25(39)29(41-33)28-24(38)12-9-13-27(28)52-7)31(32(34(44)46)45(50)51)43-16-20(3)42(17-26(43)35(47)48)36(49)53-18-37(4,5)6/h8-14,19-20,26H,16-18H2,1-7H3,(H,47,48)/t20-,26-/m1/s1. The number of nitrogens with zero attached hydrogens (tertiary/aromatic N) is 6. The van der Waals surface area contributed by atoms with Gasteiger partial charge in [-0.2, -0.15) is 5.26 Å². The van der Waals surface area contributed by atoms with E-state index in [-0.39, 0.29) is 41.5 Å². The van der Waals surface area contributed by atoms with Crippen LogP contribution in [0.5, 0.6) is 5.75 Å². The molecule has 1 N–H and O–H groups in total. The van der Waals surface area contributed by atoms with Crippen molar-refractivity contribution in [2.24, 2.45) is 5.41 Å². The molecule has 0 radical (unpaired) electrons. The molecule has 0 unspecified atom stereocenters. The molecule has 0 spiro atoms. The van der Waals surface area contributed by atoms with Gasteiger partial charge in [0.05, 0.1) is 47.4 Å². The van der Waals surface area contributed by atoms with Gasteiger partial charge in [-0.25, -0.2) is 23.4 Å². The van der Waals surface area contributed by atoms with Crippen LogP contribution in [-0.4, -0.2) is 75.4 Å². The van der Waals surface area contributed by atoms with Crippen molar-refractivity contribution in [1.82, 2.24) is 14.5 Å². The second-order valence-corrected chi connectivity index (χ2v) is 14.2. The van der Waals surface area contributed by atoms with Gasteiger partial charge in [0.25, 0.3) is 0 Å². The molecule has 1 aliphatic heterocycles. The number of aromatic nitrogens is 2. The molecule has 16 heteroatoms. The van der Waals surface area contributed by atoms with Gasteiger partial charge in [-0.05, 0) is 48.1 Å². The number of hydrogen-bond donors (Lipinski definition) is 1. The molecule has 278 valence electrons. The van der Waals surface area contributed by atoms with E-state index >= 15 is 8.78 Å². The molecule has 1 aliphatic rings. The van der Waals surface area contributed by atoms with E-state index < -0.39 is 86.5 Å². The molecule has 53 heavy (non-hydrogen) atoms. The zero-order valence-electron chi connectivity index (χ0n) is 30.1. The highest BCUT2D eigenvalue weighted by Crippen LogP contribution is 2.42. The average Bonchev–Trinajstić information content (AvgIpc) is 3.09. The highest BCUT2D eigenvalue weighted by Gasteiger charge is 2.44. The van der Waals surface area contributed by atoms with Gasteiger partial charge >= 0.3 is 23.3 Å². The third kappa shape index (κ3) is 7.06. The fourth-order valence-electron chi connectivity index (χ4n) is 6.41. The fraction of sp³-hybridized carbons (Fsp3) is 0.378. The summed E-state index contributed by atoms with van der Waals surface area (Å²) < 4.78 is 43.4. The molecule has 2 aromatic heterocycles. The Kier molecular flexibility index (Phi) is 10.4. The largest absolute Gasteiger partial charge is 0.496 e.